The van der Waals surface area contributed by atoms with E-state index in [0.29, 0.717) is 104 Å². The molecule has 83 heavy (non-hydrogen) atoms. The Balaban J connectivity index is 0.000000200. The molecule has 0 spiro atoms. The summed E-state index contributed by atoms with van der Waals surface area (Å²) in [5.74, 6) is 2.19. The lowest BCUT2D eigenvalue weighted by Crippen LogP contribution is -2.14. The minimum absolute atomic E-state index is 0.0536. The Kier molecular flexibility index (Phi) is 18.0. The summed E-state index contributed by atoms with van der Waals surface area (Å²) in [6, 6.07) is 50.9. The number of hydrogen-bond donors (Lipinski definition) is 3. The lowest BCUT2D eigenvalue weighted by atomic mass is 10.0. The van der Waals surface area contributed by atoms with Crippen molar-refractivity contribution < 1.29 is 60.0 Å². The normalized spacial score (nSPS) is 11.4. The number of ketones is 1. The quantitative estimate of drug-likeness (QED) is 0.0466. The highest BCUT2D eigenvalue weighted by molar-refractivity contribution is 5.98. The number of hydrogen-bond acceptors (Lipinski definition) is 10. The molecule has 0 amide bonds. The van der Waals surface area contributed by atoms with Crippen molar-refractivity contribution in [2.45, 2.75) is 65.6 Å². The van der Waals surface area contributed by atoms with E-state index in [2.05, 4.69) is 20.6 Å². The highest BCUT2D eigenvalue weighted by Gasteiger charge is 2.28. The van der Waals surface area contributed by atoms with Crippen LogP contribution in [0.3, 0.4) is 0 Å². The SMILES string of the molecule is CCC(=O)c1ccc(-n2cnc3c(NCCC(F)(F)F)cc(Oc4ccc(OCc5ccccc5)cc4)cc32)cc1C.Cc1cc(-n2cnc3c(NCCC(F)(F)F)cc(Oc4ccc(OCc5ccccc5)cc4)cc32)ccc1C(=O)O. The first kappa shape index (κ1) is 57.9. The monoisotopic (exact) mass is 1130 g/mol. The Hall–Kier alpha value is -9.78. The van der Waals surface area contributed by atoms with Gasteiger partial charge >= 0.3 is 18.3 Å². The molecule has 8 aromatic carbocycles. The van der Waals surface area contributed by atoms with Crippen LogP contribution in [0.1, 0.15) is 69.2 Å². The number of fused-ring (bicyclic) bond motifs is 2. The largest absolute Gasteiger partial charge is 0.489 e. The van der Waals surface area contributed by atoms with Crippen molar-refractivity contribution in [3.8, 4) is 45.9 Å². The van der Waals surface area contributed by atoms with Crippen LogP contribution in [0.5, 0.6) is 34.5 Å². The van der Waals surface area contributed by atoms with Gasteiger partial charge in [0.25, 0.3) is 0 Å². The minimum atomic E-state index is -4.31. The van der Waals surface area contributed by atoms with E-state index in [-0.39, 0.29) is 24.4 Å². The first-order valence-corrected chi connectivity index (χ1v) is 26.4. The van der Waals surface area contributed by atoms with Gasteiger partial charge in [0, 0.05) is 60.7 Å². The standard InChI is InChI=1S/C33H30F3N3O3.C31H26F3N3O4/c1-3-31(40)28-14-9-24(17-22(28)2)39-21-38-32-29(37-16-15-33(34,35)36)18-27(19-30(32)39)42-26-12-10-25(11-13-26)41-20-23-7-5-4-6-8-23;1-20-15-22(7-12-26(20)30(38)39)37-19-36-29-27(35-14-13-31(32,33)34)16-25(17-28(29)37)41-24-10-8-23(9-11-24)40-18-21-5-3-2-4-6-21/h4-14,17-19,21,37H,3,15-16,20H2,1-2H3;2-12,15-17,19,35H,13-14,18H2,1H3,(H,38,39). The number of Topliss-reactive ketones (excluding diaryl/α,β-unsaturated/α-hetero) is 1. The van der Waals surface area contributed by atoms with Gasteiger partial charge in [-0.2, -0.15) is 26.3 Å². The predicted octanol–water partition coefficient (Wildman–Crippen LogP) is 16.4. The fraction of sp³-hybridized carbons (Fsp3) is 0.188. The summed E-state index contributed by atoms with van der Waals surface area (Å²) in [7, 11) is 0. The fourth-order valence-electron chi connectivity index (χ4n) is 8.96. The Labute approximate surface area is 473 Å². The number of nitrogens with one attached hydrogen (secondary N) is 2. The lowest BCUT2D eigenvalue weighted by molar-refractivity contribution is -0.132. The molecule has 0 saturated carbocycles. The number of alkyl halides is 6. The molecule has 0 fully saturated rings. The maximum absolute atomic E-state index is 12.9. The number of carboxylic acids is 1. The van der Waals surface area contributed by atoms with E-state index in [0.717, 1.165) is 22.4 Å². The van der Waals surface area contributed by atoms with Gasteiger partial charge in [0.05, 0.1) is 40.8 Å². The number of imidazole rings is 2. The molecule has 3 N–H and O–H groups in total. The number of anilines is 2. The van der Waals surface area contributed by atoms with Crippen molar-refractivity contribution in [1.29, 1.82) is 0 Å². The van der Waals surface area contributed by atoms with Crippen molar-refractivity contribution in [3.63, 3.8) is 0 Å². The van der Waals surface area contributed by atoms with E-state index in [1.165, 1.54) is 12.4 Å². The molecule has 0 aliphatic heterocycles. The predicted molar refractivity (Wildman–Crippen MR) is 306 cm³/mol. The Morgan fingerprint density at radius 2 is 0.904 bits per heavy atom. The number of carboxylic acid groups (broad SMARTS) is 1. The molecule has 10 rings (SSSR count). The topological polar surface area (TPSA) is 151 Å². The first-order chi connectivity index (χ1) is 39.9. The third kappa shape index (κ3) is 15.4. The zero-order valence-corrected chi connectivity index (χ0v) is 45.2. The van der Waals surface area contributed by atoms with Gasteiger partial charge in [-0.15, -0.1) is 0 Å². The number of aromatic nitrogens is 4. The van der Waals surface area contributed by atoms with Crippen LogP contribution in [-0.4, -0.2) is 61.4 Å². The second-order valence-electron chi connectivity index (χ2n) is 19.3. The average Bonchev–Trinajstić information content (AvgIpc) is 4.17. The number of nitrogens with zero attached hydrogens (tertiary/aromatic N) is 4. The number of carbonyl (C=O) groups is 2. The summed E-state index contributed by atoms with van der Waals surface area (Å²) in [6.07, 6.45) is -7.05. The molecule has 0 unspecified atom stereocenters. The van der Waals surface area contributed by atoms with Crippen molar-refractivity contribution in [3.05, 3.63) is 216 Å². The van der Waals surface area contributed by atoms with E-state index in [1.807, 2.05) is 91.2 Å². The maximum atomic E-state index is 12.9. The van der Waals surface area contributed by atoms with E-state index in [1.54, 1.807) is 109 Å². The molecule has 426 valence electrons. The maximum Gasteiger partial charge on any atom is 0.390 e. The molecular formula is C64H56F6N6O7. The number of halogens is 6. The molecular weight excluding hydrogens is 1080 g/mol. The lowest BCUT2D eigenvalue weighted by Gasteiger charge is -2.14. The molecule has 10 aromatic rings. The zero-order valence-electron chi connectivity index (χ0n) is 45.2. The van der Waals surface area contributed by atoms with Gasteiger partial charge in [0.2, 0.25) is 0 Å². The Bertz CT molecular complexity index is 3850. The van der Waals surface area contributed by atoms with Crippen LogP contribution in [0, 0.1) is 13.8 Å². The van der Waals surface area contributed by atoms with Crippen LogP contribution in [0.4, 0.5) is 37.7 Å². The molecule has 0 aliphatic carbocycles. The van der Waals surface area contributed by atoms with Crippen LogP contribution < -0.4 is 29.6 Å². The van der Waals surface area contributed by atoms with E-state index < -0.39 is 31.2 Å². The summed E-state index contributed by atoms with van der Waals surface area (Å²) < 4.78 is 105. The summed E-state index contributed by atoms with van der Waals surface area (Å²) in [6.45, 7) is 5.59. The third-order valence-corrected chi connectivity index (χ3v) is 13.1. The van der Waals surface area contributed by atoms with Crippen molar-refractivity contribution in [2.24, 2.45) is 0 Å². The van der Waals surface area contributed by atoms with Crippen LogP contribution in [0.2, 0.25) is 0 Å². The highest BCUT2D eigenvalue weighted by Crippen LogP contribution is 2.37. The van der Waals surface area contributed by atoms with Crippen LogP contribution >= 0.6 is 0 Å². The molecule has 2 heterocycles. The molecule has 19 heteroatoms. The van der Waals surface area contributed by atoms with Gasteiger partial charge in [-0.1, -0.05) is 67.6 Å². The Morgan fingerprint density at radius 1 is 0.506 bits per heavy atom. The minimum Gasteiger partial charge on any atom is -0.489 e. The van der Waals surface area contributed by atoms with Crippen molar-refractivity contribution >= 4 is 45.2 Å². The van der Waals surface area contributed by atoms with Crippen molar-refractivity contribution in [2.75, 3.05) is 23.7 Å². The molecule has 0 aliphatic rings. The van der Waals surface area contributed by atoms with Gasteiger partial charge in [0.1, 0.15) is 71.4 Å². The first-order valence-electron chi connectivity index (χ1n) is 26.4. The van der Waals surface area contributed by atoms with Gasteiger partial charge in [0.15, 0.2) is 5.78 Å². The summed E-state index contributed by atoms with van der Waals surface area (Å²) in [5, 5.41) is 15.1. The average molecular weight is 1140 g/mol. The molecule has 13 nitrogen and oxygen atoms in total. The second kappa shape index (κ2) is 25.8. The number of aromatic carboxylic acids is 1. The number of aryl methyl sites for hydroxylation is 2. The fourth-order valence-corrected chi connectivity index (χ4v) is 8.96. The highest BCUT2D eigenvalue weighted by atomic mass is 19.4. The molecule has 0 radical (unpaired) electrons. The molecule has 0 atom stereocenters. The molecule has 2 aromatic heterocycles. The molecule has 0 saturated heterocycles. The number of rotatable bonds is 21. The van der Waals surface area contributed by atoms with Crippen LogP contribution in [-0.2, 0) is 13.2 Å². The van der Waals surface area contributed by atoms with E-state index >= 15 is 0 Å². The number of benzene rings is 8. The second-order valence-corrected chi connectivity index (χ2v) is 19.3. The summed E-state index contributed by atoms with van der Waals surface area (Å²) in [4.78, 5) is 32.7. The van der Waals surface area contributed by atoms with Gasteiger partial charge < -0.3 is 34.7 Å². The van der Waals surface area contributed by atoms with Gasteiger partial charge in [-0.3, -0.25) is 13.9 Å². The van der Waals surface area contributed by atoms with Gasteiger partial charge in [-0.05, 0) is 121 Å². The number of ether oxygens (including phenoxy) is 4. The smallest absolute Gasteiger partial charge is 0.390 e. The molecule has 0 bridgehead atoms. The van der Waals surface area contributed by atoms with E-state index in [9.17, 15) is 41.0 Å². The van der Waals surface area contributed by atoms with Crippen LogP contribution in [0.25, 0.3) is 33.4 Å². The summed E-state index contributed by atoms with van der Waals surface area (Å²) >= 11 is 0. The van der Waals surface area contributed by atoms with Gasteiger partial charge in [-0.25, -0.2) is 14.8 Å². The number of carbonyl (C=O) groups excluding carboxylic acids is 1. The third-order valence-electron chi connectivity index (χ3n) is 13.1. The van der Waals surface area contributed by atoms with Crippen molar-refractivity contribution in [1.82, 2.24) is 19.1 Å². The summed E-state index contributed by atoms with van der Waals surface area (Å²) in [5.41, 5.74) is 8.67. The van der Waals surface area contributed by atoms with E-state index in [4.69, 9.17) is 18.9 Å². The van der Waals surface area contributed by atoms with Crippen LogP contribution in [0.15, 0.2) is 183 Å². The zero-order chi connectivity index (χ0) is 58.7. The Morgan fingerprint density at radius 3 is 1.28 bits per heavy atom.